The van der Waals surface area contributed by atoms with Gasteiger partial charge in [-0.25, -0.2) is 0 Å². The zero-order valence-corrected chi connectivity index (χ0v) is 12.1. The molecule has 3 nitrogen and oxygen atoms in total. The van der Waals surface area contributed by atoms with E-state index in [1.54, 1.807) is 0 Å². The molecule has 0 aliphatic carbocycles. The van der Waals surface area contributed by atoms with Gasteiger partial charge in [0.2, 0.25) is 0 Å². The third kappa shape index (κ3) is 5.84. The van der Waals surface area contributed by atoms with Crippen LogP contribution >= 0.6 is 0 Å². The highest BCUT2D eigenvalue weighted by Gasteiger charge is 2.37. The van der Waals surface area contributed by atoms with Crippen LogP contribution in [0.25, 0.3) is 0 Å². The summed E-state index contributed by atoms with van der Waals surface area (Å²) in [5.74, 6) is 0. The molecule has 0 aliphatic heterocycles. The second-order valence-electron chi connectivity index (χ2n) is 4.50. The van der Waals surface area contributed by atoms with Crippen LogP contribution < -0.4 is 0 Å². The van der Waals surface area contributed by atoms with Crippen LogP contribution in [0, 0.1) is 0 Å². The fourth-order valence-corrected chi connectivity index (χ4v) is 2.13. The van der Waals surface area contributed by atoms with E-state index in [0.717, 1.165) is 12.3 Å². The molecule has 0 bridgehead atoms. The molecule has 1 aromatic rings. The van der Waals surface area contributed by atoms with Crippen molar-refractivity contribution in [3.63, 3.8) is 0 Å². The zero-order chi connectivity index (χ0) is 17.2. The number of alkyl halides is 6. The average molecular weight is 350 g/mol. The van der Waals surface area contributed by atoms with Gasteiger partial charge in [-0.2, -0.15) is 34.8 Å². The molecular formula is C12H12F6O3S. The Morgan fingerprint density at radius 1 is 1.05 bits per heavy atom. The minimum atomic E-state index is -4.94. The van der Waals surface area contributed by atoms with E-state index >= 15 is 0 Å². The number of benzene rings is 1. The van der Waals surface area contributed by atoms with Crippen LogP contribution in [-0.4, -0.2) is 21.3 Å². The maximum atomic E-state index is 12.8. The van der Waals surface area contributed by atoms with Crippen molar-refractivity contribution < 1.29 is 38.9 Å². The van der Waals surface area contributed by atoms with Crippen molar-refractivity contribution in [2.75, 3.05) is 12.9 Å². The van der Waals surface area contributed by atoms with Crippen molar-refractivity contribution >= 4 is 10.1 Å². The van der Waals surface area contributed by atoms with Crippen LogP contribution in [0.1, 0.15) is 23.1 Å². The molecule has 0 aromatic heterocycles. The summed E-state index contributed by atoms with van der Waals surface area (Å²) in [5, 5.41) is 0. The van der Waals surface area contributed by atoms with Gasteiger partial charge in [0.25, 0.3) is 10.1 Å². The molecule has 0 aliphatic rings. The van der Waals surface area contributed by atoms with Crippen molar-refractivity contribution in [3.05, 3.63) is 34.9 Å². The summed E-state index contributed by atoms with van der Waals surface area (Å²) in [6.07, 6.45) is -9.37. The van der Waals surface area contributed by atoms with Crippen LogP contribution in [0.5, 0.6) is 0 Å². The molecule has 1 aromatic carbocycles. The Morgan fingerprint density at radius 2 is 1.64 bits per heavy atom. The Kier molecular flexibility index (Phi) is 5.50. The fraction of sp³-hybridized carbons (Fsp3) is 0.500. The predicted octanol–water partition coefficient (Wildman–Crippen LogP) is 3.63. The molecule has 0 fully saturated rings. The highest BCUT2D eigenvalue weighted by Crippen LogP contribution is 2.37. The van der Waals surface area contributed by atoms with E-state index in [-0.39, 0.29) is 31.1 Å². The van der Waals surface area contributed by atoms with E-state index in [9.17, 15) is 34.8 Å². The third-order valence-corrected chi connectivity index (χ3v) is 3.23. The number of aryl methyl sites for hydroxylation is 1. The molecule has 0 radical (unpaired) electrons. The molecule has 0 spiro atoms. The molecule has 0 saturated heterocycles. The Balaban J connectivity index is 2.95. The van der Waals surface area contributed by atoms with Gasteiger partial charge in [-0.15, -0.1) is 0 Å². The van der Waals surface area contributed by atoms with Crippen LogP contribution in [0.4, 0.5) is 26.3 Å². The first-order chi connectivity index (χ1) is 9.81. The highest BCUT2D eigenvalue weighted by molar-refractivity contribution is 7.85. The Bertz CT molecular complexity index is 619. The zero-order valence-electron chi connectivity index (χ0n) is 11.3. The number of rotatable bonds is 5. The summed E-state index contributed by atoms with van der Waals surface area (Å²) in [5.41, 5.74) is -3.13. The summed E-state index contributed by atoms with van der Waals surface area (Å²) in [6, 6.07) is 1.35. The maximum Gasteiger partial charge on any atom is 0.416 e. The summed E-state index contributed by atoms with van der Waals surface area (Å²) in [7, 11) is -3.71. The van der Waals surface area contributed by atoms with Gasteiger partial charge in [0.1, 0.15) is 0 Å². The second-order valence-corrected chi connectivity index (χ2v) is 6.14. The molecule has 0 saturated carbocycles. The first-order valence-electron chi connectivity index (χ1n) is 5.92. The topological polar surface area (TPSA) is 43.4 Å². The first-order valence-corrected chi connectivity index (χ1v) is 7.74. The molecule has 1 rings (SSSR count). The molecule has 0 amide bonds. The van der Waals surface area contributed by atoms with Crippen LogP contribution in [0.3, 0.4) is 0 Å². The molecule has 126 valence electrons. The molecule has 0 N–H and O–H groups in total. The maximum absolute atomic E-state index is 12.8. The van der Waals surface area contributed by atoms with E-state index in [1.165, 1.54) is 0 Å². The van der Waals surface area contributed by atoms with E-state index in [0.29, 0.717) is 6.07 Å². The van der Waals surface area contributed by atoms with E-state index in [4.69, 9.17) is 0 Å². The first kappa shape index (κ1) is 18.8. The van der Waals surface area contributed by atoms with E-state index in [1.807, 2.05) is 0 Å². The van der Waals surface area contributed by atoms with Crippen molar-refractivity contribution in [2.24, 2.45) is 0 Å². The lowest BCUT2D eigenvalue weighted by Crippen LogP contribution is -2.14. The van der Waals surface area contributed by atoms with Crippen molar-refractivity contribution in [3.8, 4) is 0 Å². The largest absolute Gasteiger partial charge is 0.416 e. The number of hydrogen-bond acceptors (Lipinski definition) is 3. The summed E-state index contributed by atoms with van der Waals surface area (Å²) >= 11 is 0. The lowest BCUT2D eigenvalue weighted by atomic mass is 9.99. The SMILES string of the molecule is CS(=O)(=O)OCCCc1ccc(C(F)(F)F)cc1C(F)(F)F. The molecule has 22 heavy (non-hydrogen) atoms. The normalized spacial score (nSPS) is 13.4. The third-order valence-electron chi connectivity index (χ3n) is 2.63. The van der Waals surface area contributed by atoms with Gasteiger partial charge < -0.3 is 0 Å². The summed E-state index contributed by atoms with van der Waals surface area (Å²) < 4.78 is 102. The van der Waals surface area contributed by atoms with E-state index < -0.39 is 33.6 Å². The number of halogens is 6. The minimum Gasteiger partial charge on any atom is -0.270 e. The smallest absolute Gasteiger partial charge is 0.270 e. The van der Waals surface area contributed by atoms with Gasteiger partial charge in [0, 0.05) is 0 Å². The average Bonchev–Trinajstić information content (AvgIpc) is 2.31. The van der Waals surface area contributed by atoms with Gasteiger partial charge in [-0.3, -0.25) is 4.18 Å². The molecule has 0 heterocycles. The van der Waals surface area contributed by atoms with Gasteiger partial charge in [-0.05, 0) is 30.5 Å². The summed E-state index contributed by atoms with van der Waals surface area (Å²) in [4.78, 5) is 0. The van der Waals surface area contributed by atoms with Crippen LogP contribution in [0.15, 0.2) is 18.2 Å². The predicted molar refractivity (Wildman–Crippen MR) is 65.6 cm³/mol. The molecule has 0 unspecified atom stereocenters. The monoisotopic (exact) mass is 350 g/mol. The van der Waals surface area contributed by atoms with Gasteiger partial charge in [0.15, 0.2) is 0 Å². The quantitative estimate of drug-likeness (QED) is 0.463. The highest BCUT2D eigenvalue weighted by atomic mass is 32.2. The molecule has 0 atom stereocenters. The number of hydrogen-bond donors (Lipinski definition) is 0. The van der Waals surface area contributed by atoms with Crippen LogP contribution in [-0.2, 0) is 33.1 Å². The minimum absolute atomic E-state index is 0.0484. The molecular weight excluding hydrogens is 338 g/mol. The van der Waals surface area contributed by atoms with E-state index in [2.05, 4.69) is 4.18 Å². The van der Waals surface area contributed by atoms with Crippen molar-refractivity contribution in [2.45, 2.75) is 25.2 Å². The van der Waals surface area contributed by atoms with Gasteiger partial charge in [0.05, 0.1) is 24.0 Å². The Hall–Kier alpha value is -1.29. The lowest BCUT2D eigenvalue weighted by Gasteiger charge is -2.15. The van der Waals surface area contributed by atoms with Gasteiger partial charge >= 0.3 is 12.4 Å². The summed E-state index contributed by atoms with van der Waals surface area (Å²) in [6.45, 7) is -0.350. The Morgan fingerprint density at radius 3 is 2.09 bits per heavy atom. The second kappa shape index (κ2) is 6.45. The Labute approximate surface area is 123 Å². The lowest BCUT2D eigenvalue weighted by molar-refractivity contribution is -0.143. The molecule has 10 heteroatoms. The van der Waals surface area contributed by atoms with Crippen LogP contribution in [0.2, 0.25) is 0 Å². The van der Waals surface area contributed by atoms with Gasteiger partial charge in [-0.1, -0.05) is 6.07 Å². The van der Waals surface area contributed by atoms with Crippen molar-refractivity contribution in [1.82, 2.24) is 0 Å². The standard InChI is InChI=1S/C12H12F6O3S/c1-22(19,20)21-6-2-3-8-4-5-9(11(13,14)15)7-10(8)12(16,17)18/h4-5,7H,2-3,6H2,1H3. The fourth-order valence-electron chi connectivity index (χ4n) is 1.71. The van der Waals surface area contributed by atoms with Crippen molar-refractivity contribution in [1.29, 1.82) is 0 Å².